The van der Waals surface area contributed by atoms with Crippen LogP contribution in [0.1, 0.15) is 30.9 Å². The summed E-state index contributed by atoms with van der Waals surface area (Å²) in [6.45, 7) is 0.0565. The Balaban J connectivity index is 1.14. The normalized spacial score (nSPS) is 27.9. The average Bonchev–Trinajstić information content (AvgIpc) is 3.08. The molecule has 168 valence electrons. The molecule has 0 radical (unpaired) electrons. The second-order valence-electron chi connectivity index (χ2n) is 8.60. The predicted octanol–water partition coefficient (Wildman–Crippen LogP) is 4.64. The summed E-state index contributed by atoms with van der Waals surface area (Å²) in [5.41, 5.74) is -0.186. The maximum atomic E-state index is 13.8. The van der Waals surface area contributed by atoms with E-state index in [1.54, 1.807) is 11.0 Å². The molecular weight excluding hydrogens is 465 g/mol. The monoisotopic (exact) mass is 482 g/mol. The molecule has 2 aromatic carbocycles. The fourth-order valence-corrected chi connectivity index (χ4v) is 5.17. The van der Waals surface area contributed by atoms with Crippen LogP contribution in [0.2, 0.25) is 10.0 Å². The van der Waals surface area contributed by atoms with Crippen LogP contribution in [0.25, 0.3) is 0 Å². The van der Waals surface area contributed by atoms with Crippen molar-refractivity contribution in [3.05, 3.63) is 63.6 Å². The van der Waals surface area contributed by atoms with E-state index in [9.17, 15) is 18.4 Å². The molecule has 0 unspecified atom stereocenters. The summed E-state index contributed by atoms with van der Waals surface area (Å²) < 4.78 is 38.0. The number of benzene rings is 2. The number of nitrogens with zero attached hydrogens (tertiary/aromatic N) is 1. The van der Waals surface area contributed by atoms with Gasteiger partial charge in [0.15, 0.2) is 6.61 Å². The zero-order chi connectivity index (χ0) is 22.7. The number of rotatable bonds is 6. The molecule has 4 aliphatic rings. The van der Waals surface area contributed by atoms with Crippen molar-refractivity contribution in [2.75, 3.05) is 13.2 Å². The zero-order valence-corrected chi connectivity index (χ0v) is 18.2. The van der Waals surface area contributed by atoms with Crippen LogP contribution in [0, 0.1) is 11.6 Å². The minimum absolute atomic E-state index is 0.0113. The molecule has 1 N–H and O–H groups in total. The number of carbonyl (C=O) groups excluding carboxylic acids is 2. The van der Waals surface area contributed by atoms with E-state index < -0.39 is 23.8 Å². The van der Waals surface area contributed by atoms with Crippen molar-refractivity contribution in [3.8, 4) is 5.75 Å². The highest BCUT2D eigenvalue weighted by Crippen LogP contribution is 2.64. The highest BCUT2D eigenvalue weighted by Gasteiger charge is 2.73. The molecule has 0 spiro atoms. The smallest absolute Gasteiger partial charge is 0.411 e. The first-order chi connectivity index (χ1) is 15.2. The van der Waals surface area contributed by atoms with Gasteiger partial charge in [0.1, 0.15) is 23.5 Å². The molecule has 1 atom stereocenters. The van der Waals surface area contributed by atoms with Crippen LogP contribution in [0.15, 0.2) is 36.4 Å². The van der Waals surface area contributed by atoms with Gasteiger partial charge < -0.3 is 14.8 Å². The van der Waals surface area contributed by atoms with E-state index in [1.807, 2.05) is 0 Å². The van der Waals surface area contributed by atoms with E-state index in [0.29, 0.717) is 31.4 Å². The molecule has 2 amide bonds. The average molecular weight is 483 g/mol. The molecule has 10 heteroatoms. The molecule has 4 fully saturated rings. The fourth-order valence-electron chi connectivity index (χ4n) is 4.94. The van der Waals surface area contributed by atoms with Crippen molar-refractivity contribution in [2.24, 2.45) is 0 Å². The Morgan fingerprint density at radius 3 is 2.44 bits per heavy atom. The van der Waals surface area contributed by atoms with Gasteiger partial charge in [-0.25, -0.2) is 13.6 Å². The number of carbonyl (C=O) groups is 2. The minimum Gasteiger partial charge on any atom is -0.484 e. The highest BCUT2D eigenvalue weighted by atomic mass is 35.5. The number of hydrogen-bond acceptors (Lipinski definition) is 4. The van der Waals surface area contributed by atoms with Crippen molar-refractivity contribution in [2.45, 2.75) is 36.4 Å². The summed E-state index contributed by atoms with van der Waals surface area (Å²) in [4.78, 5) is 26.4. The maximum absolute atomic E-state index is 13.8. The van der Waals surface area contributed by atoms with E-state index in [1.165, 1.54) is 24.3 Å². The summed E-state index contributed by atoms with van der Waals surface area (Å²) in [7, 11) is 0. The third-order valence-electron chi connectivity index (χ3n) is 6.37. The van der Waals surface area contributed by atoms with Crippen LogP contribution in [0.3, 0.4) is 0 Å². The first-order valence-electron chi connectivity index (χ1n) is 10.0. The second-order valence-corrected chi connectivity index (χ2v) is 9.42. The molecule has 1 heterocycles. The number of nitrogens with one attached hydrogen (secondary N) is 1. The number of ether oxygens (including phenoxy) is 2. The Hall–Kier alpha value is -2.58. The van der Waals surface area contributed by atoms with Gasteiger partial charge in [0.25, 0.3) is 5.91 Å². The topological polar surface area (TPSA) is 67.9 Å². The predicted molar refractivity (Wildman–Crippen MR) is 112 cm³/mol. The molecule has 1 aliphatic heterocycles. The molecule has 6 rings (SSSR count). The number of cyclic esters (lactones) is 1. The van der Waals surface area contributed by atoms with Gasteiger partial charge in [-0.2, -0.15) is 0 Å². The molecule has 1 saturated heterocycles. The molecule has 2 bridgehead atoms. The van der Waals surface area contributed by atoms with E-state index in [4.69, 9.17) is 32.7 Å². The van der Waals surface area contributed by atoms with E-state index in [2.05, 4.69) is 5.32 Å². The van der Waals surface area contributed by atoms with Crippen LogP contribution in [0.5, 0.6) is 5.75 Å². The van der Waals surface area contributed by atoms with Gasteiger partial charge in [0.05, 0.1) is 22.1 Å². The van der Waals surface area contributed by atoms with Crippen molar-refractivity contribution in [1.82, 2.24) is 10.2 Å². The highest BCUT2D eigenvalue weighted by molar-refractivity contribution is 6.31. The number of halogens is 4. The largest absolute Gasteiger partial charge is 0.484 e. The molecule has 3 aliphatic carbocycles. The Morgan fingerprint density at radius 2 is 1.78 bits per heavy atom. The van der Waals surface area contributed by atoms with Crippen molar-refractivity contribution >= 4 is 35.2 Å². The molecular formula is C22H18Cl2F2N2O4. The van der Waals surface area contributed by atoms with Crippen molar-refractivity contribution in [3.63, 3.8) is 0 Å². The van der Waals surface area contributed by atoms with Crippen LogP contribution in [-0.4, -0.2) is 41.1 Å². The van der Waals surface area contributed by atoms with E-state index in [-0.39, 0.29) is 39.4 Å². The number of amides is 2. The first-order valence-corrected chi connectivity index (χ1v) is 10.8. The van der Waals surface area contributed by atoms with E-state index >= 15 is 0 Å². The third kappa shape index (κ3) is 3.55. The Morgan fingerprint density at radius 1 is 1.12 bits per heavy atom. The van der Waals surface area contributed by atoms with E-state index in [0.717, 1.165) is 6.07 Å². The Kier molecular flexibility index (Phi) is 4.98. The molecule has 6 nitrogen and oxygen atoms in total. The maximum Gasteiger partial charge on any atom is 0.411 e. The molecule has 2 aromatic rings. The lowest BCUT2D eigenvalue weighted by molar-refractivity contribution is -0.167. The summed E-state index contributed by atoms with van der Waals surface area (Å²) >= 11 is 11.4. The van der Waals surface area contributed by atoms with Gasteiger partial charge in [-0.15, -0.1) is 0 Å². The molecule has 0 aromatic heterocycles. The van der Waals surface area contributed by atoms with Gasteiger partial charge in [0.2, 0.25) is 0 Å². The van der Waals surface area contributed by atoms with Gasteiger partial charge >= 0.3 is 6.09 Å². The lowest BCUT2D eigenvalue weighted by Crippen LogP contribution is -2.84. The Labute approximate surface area is 192 Å². The van der Waals surface area contributed by atoms with Gasteiger partial charge in [-0.05, 0) is 49.1 Å². The standard InChI is InChI=1S/C22H18Cl2F2N2O4/c23-14-3-1-12(5-16(14)25)18-7-28(20(30)32-18)22-9-21(10-22,11-22)27-19(29)8-31-13-2-4-15(24)17(26)6-13/h1-6,18H,7-11H2,(H,27,29)/t18-,21?,22?/m0/s1. The quantitative estimate of drug-likeness (QED) is 0.651. The summed E-state index contributed by atoms with van der Waals surface area (Å²) in [6.07, 6.45) is 0.814. The van der Waals surface area contributed by atoms with Crippen LogP contribution in [0.4, 0.5) is 13.6 Å². The van der Waals surface area contributed by atoms with Crippen LogP contribution < -0.4 is 10.1 Å². The van der Waals surface area contributed by atoms with Crippen molar-refractivity contribution < 1.29 is 27.8 Å². The molecule has 32 heavy (non-hydrogen) atoms. The van der Waals surface area contributed by atoms with Crippen LogP contribution >= 0.6 is 23.2 Å². The summed E-state index contributed by atoms with van der Waals surface area (Å²) in [5.74, 6) is -1.30. The second kappa shape index (κ2) is 7.49. The molecule has 3 saturated carbocycles. The third-order valence-corrected chi connectivity index (χ3v) is 6.98. The fraction of sp³-hybridized carbons (Fsp3) is 0.364. The summed E-state index contributed by atoms with van der Waals surface area (Å²) in [5, 5.41) is 2.94. The van der Waals surface area contributed by atoms with Gasteiger partial charge in [0, 0.05) is 11.6 Å². The lowest BCUT2D eigenvalue weighted by Gasteiger charge is -2.72. The first kappa shape index (κ1) is 21.3. The lowest BCUT2D eigenvalue weighted by atomic mass is 9.43. The zero-order valence-electron chi connectivity index (χ0n) is 16.7. The van der Waals surface area contributed by atoms with Crippen LogP contribution in [-0.2, 0) is 9.53 Å². The van der Waals surface area contributed by atoms with Gasteiger partial charge in [-0.3, -0.25) is 9.69 Å². The SMILES string of the molecule is O=C(COc1ccc(Cl)c(F)c1)NC12CC(N3C[C@@H](c4ccc(Cl)c(F)c4)OC3=O)(C1)C2. The van der Waals surface area contributed by atoms with Gasteiger partial charge in [-0.1, -0.05) is 29.3 Å². The summed E-state index contributed by atoms with van der Waals surface area (Å²) in [6, 6.07) is 8.32. The number of hydrogen-bond donors (Lipinski definition) is 1. The minimum atomic E-state index is -0.622. The van der Waals surface area contributed by atoms with Crippen molar-refractivity contribution in [1.29, 1.82) is 0 Å². The Bertz CT molecular complexity index is 1110.